The third kappa shape index (κ3) is 3.12. The molecule has 0 aliphatic carbocycles. The number of hydrogen-bond acceptors (Lipinski definition) is 4. The molecule has 6 heteroatoms. The van der Waals surface area contributed by atoms with Gasteiger partial charge in [0, 0.05) is 24.2 Å². The number of sulfone groups is 1. The average molecular weight is 330 g/mol. The van der Waals surface area contributed by atoms with Crippen molar-refractivity contribution in [1.29, 1.82) is 0 Å². The van der Waals surface area contributed by atoms with E-state index in [-0.39, 0.29) is 23.5 Å². The Morgan fingerprint density at radius 2 is 2.13 bits per heavy atom. The highest BCUT2D eigenvalue weighted by Crippen LogP contribution is 2.23. The van der Waals surface area contributed by atoms with Crippen molar-refractivity contribution in [2.75, 3.05) is 18.1 Å². The average Bonchev–Trinajstić information content (AvgIpc) is 2.91. The summed E-state index contributed by atoms with van der Waals surface area (Å²) in [6.45, 7) is 4.01. The lowest BCUT2D eigenvalue weighted by atomic mass is 10.1. The summed E-state index contributed by atoms with van der Waals surface area (Å²) in [6.07, 6.45) is 3.75. The molecule has 1 aromatic carbocycles. The molecule has 0 unspecified atom stereocenters. The molecule has 1 amide bonds. The van der Waals surface area contributed by atoms with Crippen molar-refractivity contribution >= 4 is 26.6 Å². The second-order valence-electron chi connectivity index (χ2n) is 5.68. The van der Waals surface area contributed by atoms with E-state index in [1.165, 1.54) is 0 Å². The number of rotatable bonds is 4. The van der Waals surface area contributed by atoms with Crippen molar-refractivity contribution in [2.45, 2.75) is 12.5 Å². The Labute approximate surface area is 135 Å². The Morgan fingerprint density at radius 1 is 1.35 bits per heavy atom. The molecule has 0 N–H and O–H groups in total. The van der Waals surface area contributed by atoms with Gasteiger partial charge >= 0.3 is 0 Å². The summed E-state index contributed by atoms with van der Waals surface area (Å²) in [7, 11) is -3.06. The van der Waals surface area contributed by atoms with Crippen LogP contribution in [-0.4, -0.2) is 48.3 Å². The van der Waals surface area contributed by atoms with Crippen molar-refractivity contribution in [3.63, 3.8) is 0 Å². The second kappa shape index (κ2) is 6.12. The molecule has 0 bridgehead atoms. The number of carbonyl (C=O) groups is 1. The lowest BCUT2D eigenvalue weighted by Gasteiger charge is -2.27. The van der Waals surface area contributed by atoms with Gasteiger partial charge in [-0.05, 0) is 18.6 Å². The van der Waals surface area contributed by atoms with Crippen LogP contribution in [0, 0.1) is 0 Å². The van der Waals surface area contributed by atoms with Crippen molar-refractivity contribution in [1.82, 2.24) is 9.88 Å². The summed E-state index contributed by atoms with van der Waals surface area (Å²) in [5.74, 6) is -0.0479. The van der Waals surface area contributed by atoms with Crippen LogP contribution in [0.4, 0.5) is 0 Å². The summed E-state index contributed by atoms with van der Waals surface area (Å²) in [4.78, 5) is 18.9. The normalized spacial score (nSPS) is 19.6. The second-order valence-corrected chi connectivity index (χ2v) is 7.91. The van der Waals surface area contributed by atoms with Gasteiger partial charge in [-0.2, -0.15) is 0 Å². The standard InChI is InChI=1S/C17H18N2O3S/c1-2-10-19(14-8-11-23(21,22)12-14)17(20)15-7-3-5-13-6-4-9-18-16(13)15/h2-7,9,14H,1,8,10-12H2/t14-/m0/s1. The monoisotopic (exact) mass is 330 g/mol. The van der Waals surface area contributed by atoms with Crippen molar-refractivity contribution in [2.24, 2.45) is 0 Å². The van der Waals surface area contributed by atoms with Crippen LogP contribution in [0.1, 0.15) is 16.8 Å². The maximum absolute atomic E-state index is 13.0. The number of pyridine rings is 1. The molecule has 2 heterocycles. The Bertz CT molecular complexity index is 856. The van der Waals surface area contributed by atoms with Crippen LogP contribution in [0.15, 0.2) is 49.2 Å². The lowest BCUT2D eigenvalue weighted by Crippen LogP contribution is -2.41. The smallest absolute Gasteiger partial charge is 0.256 e. The first kappa shape index (κ1) is 15.7. The maximum Gasteiger partial charge on any atom is 0.256 e. The predicted molar refractivity (Wildman–Crippen MR) is 90.0 cm³/mol. The fourth-order valence-corrected chi connectivity index (χ4v) is 4.72. The van der Waals surface area contributed by atoms with E-state index < -0.39 is 9.84 Å². The molecule has 1 saturated heterocycles. The van der Waals surface area contributed by atoms with Gasteiger partial charge in [0.2, 0.25) is 0 Å². The number of benzene rings is 1. The van der Waals surface area contributed by atoms with Gasteiger partial charge in [0.1, 0.15) is 0 Å². The first-order valence-electron chi connectivity index (χ1n) is 7.48. The molecule has 1 atom stereocenters. The van der Waals surface area contributed by atoms with Gasteiger partial charge in [-0.1, -0.05) is 24.3 Å². The third-order valence-corrected chi connectivity index (χ3v) is 5.85. The SMILES string of the molecule is C=CCN(C(=O)c1cccc2cccnc12)[C@H]1CCS(=O)(=O)C1. The number of hydrogen-bond donors (Lipinski definition) is 0. The number of nitrogens with zero attached hydrogens (tertiary/aromatic N) is 2. The van der Waals surface area contributed by atoms with Gasteiger partial charge in [-0.15, -0.1) is 6.58 Å². The minimum atomic E-state index is -3.06. The number of para-hydroxylation sites is 1. The molecule has 1 aliphatic heterocycles. The van der Waals surface area contributed by atoms with Crippen LogP contribution in [0.25, 0.3) is 10.9 Å². The van der Waals surface area contributed by atoms with Crippen LogP contribution in [0.3, 0.4) is 0 Å². The van der Waals surface area contributed by atoms with Crippen LogP contribution in [0.5, 0.6) is 0 Å². The Hall–Kier alpha value is -2.21. The van der Waals surface area contributed by atoms with Crippen molar-refractivity contribution in [3.05, 3.63) is 54.7 Å². The van der Waals surface area contributed by atoms with Crippen molar-refractivity contribution < 1.29 is 13.2 Å². The molecule has 0 saturated carbocycles. The number of amides is 1. The lowest BCUT2D eigenvalue weighted by molar-refractivity contribution is 0.0722. The van der Waals surface area contributed by atoms with Crippen LogP contribution in [0.2, 0.25) is 0 Å². The highest BCUT2D eigenvalue weighted by Gasteiger charge is 2.34. The highest BCUT2D eigenvalue weighted by molar-refractivity contribution is 7.91. The zero-order valence-electron chi connectivity index (χ0n) is 12.7. The zero-order chi connectivity index (χ0) is 16.4. The summed E-state index contributed by atoms with van der Waals surface area (Å²) in [6, 6.07) is 8.87. The molecular weight excluding hydrogens is 312 g/mol. The number of aromatic nitrogens is 1. The van der Waals surface area contributed by atoms with Crippen LogP contribution >= 0.6 is 0 Å². The topological polar surface area (TPSA) is 67.3 Å². The van der Waals surface area contributed by atoms with E-state index in [2.05, 4.69) is 11.6 Å². The van der Waals surface area contributed by atoms with E-state index in [1.54, 1.807) is 23.2 Å². The Morgan fingerprint density at radius 3 is 2.83 bits per heavy atom. The van der Waals surface area contributed by atoms with E-state index in [0.717, 1.165) is 5.39 Å². The minimum absolute atomic E-state index is 0.0186. The van der Waals surface area contributed by atoms with Gasteiger partial charge in [-0.25, -0.2) is 8.42 Å². The maximum atomic E-state index is 13.0. The largest absolute Gasteiger partial charge is 0.331 e. The van der Waals surface area contributed by atoms with Gasteiger partial charge in [0.15, 0.2) is 9.84 Å². The zero-order valence-corrected chi connectivity index (χ0v) is 13.5. The van der Waals surface area contributed by atoms with E-state index in [0.29, 0.717) is 24.0 Å². The van der Waals surface area contributed by atoms with Crippen LogP contribution < -0.4 is 0 Å². The summed E-state index contributed by atoms with van der Waals surface area (Å²) >= 11 is 0. The molecule has 23 heavy (non-hydrogen) atoms. The van der Waals surface area contributed by atoms with Crippen molar-refractivity contribution in [3.8, 4) is 0 Å². The van der Waals surface area contributed by atoms with E-state index in [1.807, 2.05) is 24.3 Å². The van der Waals surface area contributed by atoms with Gasteiger partial charge in [0.25, 0.3) is 5.91 Å². The fourth-order valence-electron chi connectivity index (χ4n) is 2.99. The first-order chi connectivity index (χ1) is 11.0. The molecule has 0 spiro atoms. The molecule has 1 fully saturated rings. The molecule has 1 aliphatic rings. The fraction of sp³-hybridized carbons (Fsp3) is 0.294. The quantitative estimate of drug-likeness (QED) is 0.805. The highest BCUT2D eigenvalue weighted by atomic mass is 32.2. The molecule has 0 radical (unpaired) electrons. The Kier molecular flexibility index (Phi) is 4.17. The number of carbonyl (C=O) groups excluding carboxylic acids is 1. The van der Waals surface area contributed by atoms with Gasteiger partial charge < -0.3 is 4.90 Å². The van der Waals surface area contributed by atoms with E-state index in [4.69, 9.17) is 0 Å². The molecular formula is C17H18N2O3S. The summed E-state index contributed by atoms with van der Waals surface area (Å²) in [5, 5.41) is 0.885. The minimum Gasteiger partial charge on any atom is -0.331 e. The first-order valence-corrected chi connectivity index (χ1v) is 9.30. The molecule has 3 rings (SSSR count). The molecule has 2 aromatic rings. The van der Waals surface area contributed by atoms with Gasteiger partial charge in [-0.3, -0.25) is 9.78 Å². The number of fused-ring (bicyclic) bond motifs is 1. The summed E-state index contributed by atoms with van der Waals surface area (Å²) in [5.41, 5.74) is 1.13. The molecule has 1 aromatic heterocycles. The predicted octanol–water partition coefficient (Wildman–Crippen LogP) is 2.05. The third-order valence-electron chi connectivity index (χ3n) is 4.10. The summed E-state index contributed by atoms with van der Waals surface area (Å²) < 4.78 is 23.5. The van der Waals surface area contributed by atoms with E-state index >= 15 is 0 Å². The van der Waals surface area contributed by atoms with Crippen LogP contribution in [-0.2, 0) is 9.84 Å². The Balaban J connectivity index is 1.99. The molecule has 5 nitrogen and oxygen atoms in total. The molecule has 120 valence electrons. The van der Waals surface area contributed by atoms with Gasteiger partial charge in [0.05, 0.1) is 22.6 Å². The van der Waals surface area contributed by atoms with E-state index in [9.17, 15) is 13.2 Å².